The average Bonchev–Trinajstić information content (AvgIpc) is 3.44. The van der Waals surface area contributed by atoms with E-state index in [0.29, 0.717) is 23.3 Å². The number of piperidine rings is 1. The normalized spacial score (nSPS) is 17.9. The lowest BCUT2D eigenvalue weighted by Crippen LogP contribution is -2.27. The van der Waals surface area contributed by atoms with Crippen molar-refractivity contribution >= 4 is 11.9 Å². The first-order valence-corrected chi connectivity index (χ1v) is 9.35. The number of hydrogen-bond donors (Lipinski definition) is 2. The van der Waals surface area contributed by atoms with Gasteiger partial charge in [-0.25, -0.2) is 4.68 Å². The van der Waals surface area contributed by atoms with Crippen LogP contribution in [0.1, 0.15) is 47.8 Å². The Morgan fingerprint density at radius 2 is 1.96 bits per heavy atom. The number of rotatable bonds is 6. The third kappa shape index (κ3) is 4.04. The number of ether oxygens (including phenoxy) is 1. The first-order valence-electron chi connectivity index (χ1n) is 9.35. The van der Waals surface area contributed by atoms with Gasteiger partial charge in [0.2, 0.25) is 5.95 Å². The van der Waals surface area contributed by atoms with Crippen molar-refractivity contribution in [3.8, 4) is 5.75 Å². The van der Waals surface area contributed by atoms with Gasteiger partial charge in [-0.2, -0.15) is 10.1 Å². The van der Waals surface area contributed by atoms with Gasteiger partial charge in [-0.3, -0.25) is 10.1 Å². The smallest absolute Gasteiger partial charge is 0.258 e. The molecule has 1 aliphatic heterocycles. The summed E-state index contributed by atoms with van der Waals surface area (Å²) in [5.74, 6) is 2.98. The van der Waals surface area contributed by atoms with Crippen LogP contribution in [0.25, 0.3) is 0 Å². The van der Waals surface area contributed by atoms with Crippen LogP contribution in [-0.4, -0.2) is 40.4 Å². The van der Waals surface area contributed by atoms with E-state index in [2.05, 4.69) is 20.7 Å². The number of carbonyl (C=O) groups excluding carboxylic acids is 1. The van der Waals surface area contributed by atoms with Crippen LogP contribution in [-0.2, 0) is 7.05 Å². The molecule has 138 valence electrons. The minimum atomic E-state index is -0.189. The molecule has 0 atom stereocenters. The predicted molar refractivity (Wildman–Crippen MR) is 98.5 cm³/mol. The van der Waals surface area contributed by atoms with Gasteiger partial charge < -0.3 is 10.1 Å². The molecule has 2 aliphatic rings. The molecule has 0 spiro atoms. The van der Waals surface area contributed by atoms with Crippen LogP contribution in [0, 0.1) is 5.92 Å². The van der Waals surface area contributed by atoms with Crippen molar-refractivity contribution in [2.24, 2.45) is 13.0 Å². The number of nitrogens with one attached hydrogen (secondary N) is 2. The number of aromatic nitrogens is 3. The van der Waals surface area contributed by atoms with E-state index in [1.807, 2.05) is 19.2 Å². The van der Waals surface area contributed by atoms with E-state index in [1.165, 1.54) is 12.8 Å². The van der Waals surface area contributed by atoms with Crippen LogP contribution in [0.2, 0.25) is 0 Å². The fourth-order valence-corrected chi connectivity index (χ4v) is 3.14. The Bertz CT molecular complexity index is 761. The van der Waals surface area contributed by atoms with Gasteiger partial charge in [-0.1, -0.05) is 0 Å². The second-order valence-electron chi connectivity index (χ2n) is 7.17. The van der Waals surface area contributed by atoms with Crippen molar-refractivity contribution in [1.29, 1.82) is 0 Å². The van der Waals surface area contributed by atoms with E-state index < -0.39 is 0 Å². The molecule has 7 heteroatoms. The van der Waals surface area contributed by atoms with Crippen molar-refractivity contribution in [1.82, 2.24) is 20.1 Å². The Labute approximate surface area is 153 Å². The highest BCUT2D eigenvalue weighted by Crippen LogP contribution is 2.29. The first kappa shape index (κ1) is 17.0. The van der Waals surface area contributed by atoms with Crippen molar-refractivity contribution in [2.75, 3.05) is 25.0 Å². The molecule has 1 saturated carbocycles. The van der Waals surface area contributed by atoms with Gasteiger partial charge in [0, 0.05) is 18.5 Å². The molecule has 0 bridgehead atoms. The number of nitrogens with zero attached hydrogens (tertiary/aromatic N) is 3. The molecule has 4 rings (SSSR count). The summed E-state index contributed by atoms with van der Waals surface area (Å²) in [6, 6.07) is 7.24. The van der Waals surface area contributed by atoms with E-state index in [0.717, 1.165) is 44.1 Å². The summed E-state index contributed by atoms with van der Waals surface area (Å²) in [6.07, 6.45) is 4.58. The Kier molecular flexibility index (Phi) is 4.88. The Balaban J connectivity index is 1.38. The molecule has 1 aromatic heterocycles. The molecule has 0 radical (unpaired) electrons. The van der Waals surface area contributed by atoms with E-state index in [9.17, 15) is 4.79 Å². The van der Waals surface area contributed by atoms with E-state index in [-0.39, 0.29) is 5.91 Å². The van der Waals surface area contributed by atoms with E-state index in [1.54, 1.807) is 16.8 Å². The summed E-state index contributed by atoms with van der Waals surface area (Å²) in [7, 11) is 1.81. The lowest BCUT2D eigenvalue weighted by Gasteiger charge is -2.19. The van der Waals surface area contributed by atoms with Gasteiger partial charge in [-0.05, 0) is 69.0 Å². The molecule has 1 amide bonds. The summed E-state index contributed by atoms with van der Waals surface area (Å²) >= 11 is 0. The zero-order valence-electron chi connectivity index (χ0n) is 15.1. The maximum atomic E-state index is 12.5. The number of benzene rings is 1. The molecule has 26 heavy (non-hydrogen) atoms. The quantitative estimate of drug-likeness (QED) is 0.831. The molecular weight excluding hydrogens is 330 g/mol. The third-order valence-electron chi connectivity index (χ3n) is 5.01. The zero-order valence-corrected chi connectivity index (χ0v) is 15.1. The number of amides is 1. The largest absolute Gasteiger partial charge is 0.493 e. The first-order chi connectivity index (χ1) is 12.7. The van der Waals surface area contributed by atoms with Gasteiger partial charge in [0.1, 0.15) is 5.75 Å². The Hall–Kier alpha value is -2.41. The summed E-state index contributed by atoms with van der Waals surface area (Å²) < 4.78 is 7.35. The summed E-state index contributed by atoms with van der Waals surface area (Å²) in [4.78, 5) is 17.0. The van der Waals surface area contributed by atoms with Crippen LogP contribution in [0.5, 0.6) is 5.75 Å². The van der Waals surface area contributed by atoms with Crippen LogP contribution < -0.4 is 15.4 Å². The molecular formula is C19H25N5O2. The lowest BCUT2D eigenvalue weighted by molar-refractivity contribution is 0.102. The second-order valence-corrected chi connectivity index (χ2v) is 7.17. The average molecular weight is 355 g/mol. The molecule has 1 saturated heterocycles. The van der Waals surface area contributed by atoms with Gasteiger partial charge in [0.05, 0.1) is 6.61 Å². The van der Waals surface area contributed by atoms with Crippen molar-refractivity contribution < 1.29 is 9.53 Å². The van der Waals surface area contributed by atoms with E-state index in [4.69, 9.17) is 4.74 Å². The minimum Gasteiger partial charge on any atom is -0.493 e. The monoisotopic (exact) mass is 355 g/mol. The number of aryl methyl sites for hydroxylation is 1. The number of carbonyl (C=O) groups is 1. The highest BCUT2D eigenvalue weighted by atomic mass is 16.5. The van der Waals surface area contributed by atoms with Crippen LogP contribution in [0.3, 0.4) is 0 Å². The highest BCUT2D eigenvalue weighted by Gasteiger charge is 2.22. The summed E-state index contributed by atoms with van der Waals surface area (Å²) in [5.41, 5.74) is 0.579. The molecule has 2 aromatic rings. The molecule has 2 N–H and O–H groups in total. The maximum absolute atomic E-state index is 12.5. The van der Waals surface area contributed by atoms with Gasteiger partial charge in [0.15, 0.2) is 5.82 Å². The SMILES string of the molecule is Cn1nc(C2CCNCC2)nc1NC(=O)c1ccc(OCC2CC2)cc1. The summed E-state index contributed by atoms with van der Waals surface area (Å²) in [6.45, 7) is 2.74. The highest BCUT2D eigenvalue weighted by molar-refractivity contribution is 6.03. The van der Waals surface area contributed by atoms with Crippen LogP contribution in [0.15, 0.2) is 24.3 Å². The molecule has 2 heterocycles. The topological polar surface area (TPSA) is 81.1 Å². The summed E-state index contributed by atoms with van der Waals surface area (Å²) in [5, 5.41) is 10.7. The molecule has 2 fully saturated rings. The fourth-order valence-electron chi connectivity index (χ4n) is 3.14. The lowest BCUT2D eigenvalue weighted by atomic mass is 9.98. The second kappa shape index (κ2) is 7.45. The predicted octanol–water partition coefficient (Wildman–Crippen LogP) is 2.32. The number of anilines is 1. The Morgan fingerprint density at radius 1 is 1.23 bits per heavy atom. The van der Waals surface area contributed by atoms with Crippen LogP contribution in [0.4, 0.5) is 5.95 Å². The molecule has 1 aliphatic carbocycles. The molecule has 7 nitrogen and oxygen atoms in total. The van der Waals surface area contributed by atoms with Gasteiger partial charge >= 0.3 is 0 Å². The third-order valence-corrected chi connectivity index (χ3v) is 5.01. The van der Waals surface area contributed by atoms with Gasteiger partial charge in [0.25, 0.3) is 5.91 Å². The van der Waals surface area contributed by atoms with E-state index >= 15 is 0 Å². The molecule has 0 unspecified atom stereocenters. The molecule has 1 aromatic carbocycles. The zero-order chi connectivity index (χ0) is 17.9. The van der Waals surface area contributed by atoms with Gasteiger partial charge in [-0.15, -0.1) is 0 Å². The standard InChI is InChI=1S/C19H25N5O2/c1-24-19(21-17(23-24)14-8-10-20-11-9-14)22-18(25)15-4-6-16(7-5-15)26-12-13-2-3-13/h4-7,13-14,20H,2-3,8-12H2,1H3,(H,21,22,23,25). The number of hydrogen-bond acceptors (Lipinski definition) is 5. The van der Waals surface area contributed by atoms with Crippen molar-refractivity contribution in [3.05, 3.63) is 35.7 Å². The van der Waals surface area contributed by atoms with Crippen molar-refractivity contribution in [3.63, 3.8) is 0 Å². The van der Waals surface area contributed by atoms with Crippen molar-refractivity contribution in [2.45, 2.75) is 31.6 Å². The van der Waals surface area contributed by atoms with Crippen LogP contribution >= 0.6 is 0 Å². The minimum absolute atomic E-state index is 0.189. The Morgan fingerprint density at radius 3 is 2.65 bits per heavy atom. The maximum Gasteiger partial charge on any atom is 0.258 e. The fraction of sp³-hybridized carbons (Fsp3) is 0.526.